The third-order valence-corrected chi connectivity index (χ3v) is 16.5. The molecule has 0 fully saturated rings. The first-order chi connectivity index (χ1) is 44.5. The maximum Gasteiger partial charge on any atom is 0.354 e. The normalized spacial score (nSPS) is 13.6. The topological polar surface area (TPSA) is 274 Å². The van der Waals surface area contributed by atoms with Crippen LogP contribution in [0.5, 0.6) is 11.5 Å². The largest absolute Gasteiger partial charge is 0.493 e. The Morgan fingerprint density at radius 3 is 1.54 bits per heavy atom. The number of carbonyl (C=O) groups excluding carboxylic acids is 1. The monoisotopic (exact) mass is 1290 g/mol. The van der Waals surface area contributed by atoms with Gasteiger partial charge in [0.25, 0.3) is 10.1 Å². The van der Waals surface area contributed by atoms with Crippen molar-refractivity contribution in [3.05, 3.63) is 171 Å². The molecule has 0 aliphatic carbocycles. The van der Waals surface area contributed by atoms with Gasteiger partial charge in [0, 0.05) is 139 Å². The van der Waals surface area contributed by atoms with E-state index >= 15 is 0 Å². The summed E-state index contributed by atoms with van der Waals surface area (Å²) in [7, 11) is 4.60. The van der Waals surface area contributed by atoms with Gasteiger partial charge in [0.1, 0.15) is 22.9 Å². The Morgan fingerprint density at radius 1 is 0.570 bits per heavy atom. The number of aromatic carboxylic acids is 1. The molecule has 5 aromatic heterocycles. The Kier molecular flexibility index (Phi) is 25.4. The van der Waals surface area contributed by atoms with Gasteiger partial charge in [-0.2, -0.15) is 8.42 Å². The van der Waals surface area contributed by atoms with Gasteiger partial charge in [-0.3, -0.25) is 43.2 Å². The molecule has 7 aromatic rings. The van der Waals surface area contributed by atoms with E-state index in [1.54, 1.807) is 16.8 Å². The van der Waals surface area contributed by atoms with Crippen molar-refractivity contribution in [2.24, 2.45) is 0 Å². The van der Waals surface area contributed by atoms with Gasteiger partial charge in [-0.05, 0) is 91.3 Å². The molecule has 6 heterocycles. The average Bonchev–Trinajstić information content (AvgIpc) is 2.14. The second-order valence-electron chi connectivity index (χ2n) is 24.8. The fourth-order valence-electron chi connectivity index (χ4n) is 10.9. The molecule has 24 nitrogen and oxygen atoms in total. The van der Waals surface area contributed by atoms with E-state index in [1.807, 2.05) is 109 Å². The number of ether oxygens (including phenoxy) is 2. The summed E-state index contributed by atoms with van der Waals surface area (Å²) in [4.78, 5) is 58.1. The smallest absolute Gasteiger partial charge is 0.354 e. The van der Waals surface area contributed by atoms with E-state index in [2.05, 4.69) is 80.1 Å². The quantitative estimate of drug-likeness (QED) is 0.0201. The molecular formula is C68H86N14O10S+2. The summed E-state index contributed by atoms with van der Waals surface area (Å²) in [5.41, 5.74) is 6.85. The second kappa shape index (κ2) is 33.7. The van der Waals surface area contributed by atoms with E-state index in [-0.39, 0.29) is 36.0 Å². The number of nitrogens with zero attached hydrogens (tertiary/aromatic N) is 14. The summed E-state index contributed by atoms with van der Waals surface area (Å²) in [5, 5.41) is 37.4. The molecule has 492 valence electrons. The number of aryl methyl sites for hydroxylation is 2. The van der Waals surface area contributed by atoms with E-state index in [1.165, 1.54) is 13.0 Å². The maximum absolute atomic E-state index is 13.0. The van der Waals surface area contributed by atoms with Crippen molar-refractivity contribution in [3.63, 3.8) is 0 Å². The Morgan fingerprint density at radius 2 is 1.03 bits per heavy atom. The number of pyridine rings is 3. The Balaban J connectivity index is 0.898. The van der Waals surface area contributed by atoms with Crippen LogP contribution in [0.3, 0.4) is 0 Å². The lowest BCUT2D eigenvalue weighted by Crippen LogP contribution is -2.42. The molecule has 25 heteroatoms. The van der Waals surface area contributed by atoms with Gasteiger partial charge in [-0.1, -0.05) is 47.1 Å². The Hall–Kier alpha value is -8.79. The van der Waals surface area contributed by atoms with Crippen molar-refractivity contribution in [2.75, 3.05) is 106 Å². The van der Waals surface area contributed by atoms with Gasteiger partial charge in [-0.15, -0.1) is 10.2 Å². The fourth-order valence-corrected chi connectivity index (χ4v) is 11.4. The van der Waals surface area contributed by atoms with Crippen molar-refractivity contribution in [1.29, 1.82) is 0 Å². The lowest BCUT2D eigenvalue weighted by atomic mass is 10.1. The summed E-state index contributed by atoms with van der Waals surface area (Å²) in [6.45, 7) is 12.4. The number of aliphatic carboxylic acids is 1. The number of hydrogen-bond donors (Lipinski definition) is 3. The SMILES string of the molecule is CCC[N+](C)(C)CCCn1cc(CCOc2ccc(C#Cc3cc(CN4CCN(Cc5cc(C#Cc6ccc(OCCc7cn(CCC[N+](C)(C)CCCS(=O)(=O)O)nn7)cc6)cc(C(C)=O)n5)CCN(CC(=O)O)Cc5cccc(n5)C4)nc(C(=O)O)c3)cc2)nn1. The van der Waals surface area contributed by atoms with Crippen LogP contribution in [0.1, 0.15) is 117 Å². The molecule has 0 amide bonds. The first-order valence-electron chi connectivity index (χ1n) is 31.4. The number of carboxylic acid groups (broad SMARTS) is 2. The van der Waals surface area contributed by atoms with Crippen molar-refractivity contribution in [3.8, 4) is 35.2 Å². The van der Waals surface area contributed by atoms with Gasteiger partial charge < -0.3 is 28.7 Å². The summed E-state index contributed by atoms with van der Waals surface area (Å²) >= 11 is 0. The van der Waals surface area contributed by atoms with Crippen molar-refractivity contribution in [2.45, 2.75) is 91.6 Å². The van der Waals surface area contributed by atoms with Crippen LogP contribution >= 0.6 is 0 Å². The molecule has 0 spiro atoms. The van der Waals surface area contributed by atoms with E-state index in [4.69, 9.17) is 24.0 Å². The number of rotatable bonds is 30. The minimum absolute atomic E-state index is 0.139. The predicted octanol–water partition coefficient (Wildman–Crippen LogP) is 6.02. The van der Waals surface area contributed by atoms with Crippen LogP contribution in [0.4, 0.5) is 0 Å². The zero-order valence-corrected chi connectivity index (χ0v) is 55.0. The van der Waals surface area contributed by atoms with Crippen molar-refractivity contribution in [1.82, 2.24) is 59.6 Å². The third-order valence-electron chi connectivity index (χ3n) is 15.7. The minimum atomic E-state index is -3.97. The standard InChI is InChI=1S/C68H84N14O10S/c1-7-34-81(3,4)35-9-28-79-49-59(72-74-79)26-38-92-64-24-20-54(21-25-64)15-17-56-42-62(71-66(44-56)68(86)87)48-77-32-30-76(31-33-78(51-67(84)85)46-58-13-8-12-57(45-77)69-58)47-61-41-55(43-65(70-61)52(2)83)16-14-53-18-22-63(23-19-53)91-39-27-60-50-80(75-73-60)29-10-36-82(5,6)37-11-40-93(88,89)90/h8,12-13,18-25,41-44,49-50H,7,9-11,26-40,45-48,51H2,1-6H3,(H-2,84,85,86,87,88,89,90)/p+2. The van der Waals surface area contributed by atoms with E-state index < -0.39 is 22.1 Å². The third kappa shape index (κ3) is 24.6. The number of carbonyl (C=O) groups is 3. The number of hydrogen-bond acceptors (Lipinski definition) is 17. The molecule has 0 unspecified atom stereocenters. The lowest BCUT2D eigenvalue weighted by Gasteiger charge is -2.30. The summed E-state index contributed by atoms with van der Waals surface area (Å²) in [6.07, 6.45) is 8.40. The fraction of sp³-hybridized carbons (Fsp3) is 0.441. The summed E-state index contributed by atoms with van der Waals surface area (Å²) in [6, 6.07) is 27.3. The highest BCUT2D eigenvalue weighted by atomic mass is 32.2. The van der Waals surface area contributed by atoms with Crippen LogP contribution in [0.25, 0.3) is 0 Å². The van der Waals surface area contributed by atoms with E-state index in [0.717, 1.165) is 72.6 Å². The van der Waals surface area contributed by atoms with Crippen molar-refractivity contribution >= 4 is 27.8 Å². The number of quaternary nitrogens is 2. The molecule has 0 atom stereocenters. The van der Waals surface area contributed by atoms with Gasteiger partial charge >= 0.3 is 11.9 Å². The van der Waals surface area contributed by atoms with Crippen LogP contribution in [0.2, 0.25) is 0 Å². The highest BCUT2D eigenvalue weighted by Gasteiger charge is 2.22. The van der Waals surface area contributed by atoms with Crippen LogP contribution in [0.15, 0.2) is 103 Å². The molecule has 0 saturated heterocycles. The average molecular weight is 1290 g/mol. The van der Waals surface area contributed by atoms with Crippen LogP contribution in [-0.2, 0) is 67.0 Å². The number of carboxylic acids is 2. The van der Waals surface area contributed by atoms with Crippen LogP contribution < -0.4 is 9.47 Å². The van der Waals surface area contributed by atoms with Gasteiger partial charge in [0.15, 0.2) is 5.78 Å². The molecule has 0 radical (unpaired) electrons. The predicted molar refractivity (Wildman–Crippen MR) is 350 cm³/mol. The molecule has 2 aromatic carbocycles. The first-order valence-corrected chi connectivity index (χ1v) is 33.1. The van der Waals surface area contributed by atoms with Crippen LogP contribution in [-0.4, -0.2) is 216 Å². The highest BCUT2D eigenvalue weighted by Crippen LogP contribution is 2.19. The first kappa shape index (κ1) is 70.1. The molecule has 2 bridgehead atoms. The van der Waals surface area contributed by atoms with Crippen molar-refractivity contribution < 1.29 is 56.0 Å². The van der Waals surface area contributed by atoms with Crippen LogP contribution in [0, 0.1) is 23.7 Å². The van der Waals surface area contributed by atoms with E-state index in [9.17, 15) is 33.0 Å². The maximum atomic E-state index is 13.0. The number of ketones is 1. The Labute approximate surface area is 545 Å². The van der Waals surface area contributed by atoms with Gasteiger partial charge in [-0.25, -0.2) is 14.8 Å². The minimum Gasteiger partial charge on any atom is -0.493 e. The molecule has 1 aliphatic rings. The molecule has 0 saturated carbocycles. The lowest BCUT2D eigenvalue weighted by molar-refractivity contribution is -0.890. The van der Waals surface area contributed by atoms with Gasteiger partial charge in [0.05, 0.1) is 114 Å². The molecule has 1 aliphatic heterocycles. The summed E-state index contributed by atoms with van der Waals surface area (Å²) < 4.78 is 48.6. The molecule has 93 heavy (non-hydrogen) atoms. The second-order valence-corrected chi connectivity index (χ2v) is 26.4. The number of benzene rings is 2. The highest BCUT2D eigenvalue weighted by molar-refractivity contribution is 7.85. The Bertz CT molecular complexity index is 3890. The molecule has 8 rings (SSSR count). The number of aromatic nitrogens is 9. The zero-order valence-electron chi connectivity index (χ0n) is 54.2. The van der Waals surface area contributed by atoms with E-state index in [0.29, 0.717) is 141 Å². The zero-order chi connectivity index (χ0) is 66.4. The number of Topliss-reactive ketones (excluding diaryl/α,β-unsaturated/α-hetero) is 1. The summed E-state index contributed by atoms with van der Waals surface area (Å²) in [5.74, 6) is 11.5. The number of fused-ring (bicyclic) bond motifs is 2. The molecule has 3 N–H and O–H groups in total. The van der Waals surface area contributed by atoms with Gasteiger partial charge in [0.2, 0.25) is 0 Å². The molecular weight excluding hydrogens is 1200 g/mol.